The highest BCUT2D eigenvalue weighted by Crippen LogP contribution is 2.24. The van der Waals surface area contributed by atoms with Gasteiger partial charge in [-0.1, -0.05) is 24.3 Å². The monoisotopic (exact) mass is 216 g/mol. The molecule has 0 spiro atoms. The molecule has 2 aromatic carbocycles. The van der Waals surface area contributed by atoms with Crippen molar-refractivity contribution in [2.24, 2.45) is 0 Å². The second-order valence-corrected chi connectivity index (χ2v) is 3.39. The van der Waals surface area contributed by atoms with Crippen LogP contribution in [-0.2, 0) is 0 Å². The predicted molar refractivity (Wildman–Crippen MR) is 62.7 cm³/mol. The van der Waals surface area contributed by atoms with Crippen molar-refractivity contribution in [1.82, 2.24) is 0 Å². The summed E-state index contributed by atoms with van der Waals surface area (Å²) in [4.78, 5) is 0. The fraction of sp³-hybridized carbons (Fsp3) is 0. The topological polar surface area (TPSA) is 64.5 Å². The zero-order valence-corrected chi connectivity index (χ0v) is 8.51. The van der Waals surface area contributed by atoms with Crippen molar-refractivity contribution in [2.45, 2.75) is 0 Å². The maximum atomic E-state index is 8.81. The smallest absolute Gasteiger partial charge is 0.0608 e. The molecule has 0 unspecified atom stereocenters. The van der Waals surface area contributed by atoms with E-state index in [0.717, 1.165) is 11.1 Å². The van der Waals surface area contributed by atoms with E-state index in [0.29, 0.717) is 11.4 Å². The number of rotatable bonds is 3. The van der Waals surface area contributed by atoms with Gasteiger partial charge < -0.3 is 0 Å². The van der Waals surface area contributed by atoms with Crippen LogP contribution in [0.4, 0.5) is 11.4 Å². The first kappa shape index (κ1) is 10.5. The molecule has 4 N–H and O–H groups in total. The molecule has 0 fully saturated rings. The minimum atomic E-state index is 0.625. The average Bonchev–Trinajstić information content (AvgIpc) is 2.39. The molecule has 0 radical (unpaired) electrons. The van der Waals surface area contributed by atoms with Crippen LogP contribution in [0.2, 0.25) is 0 Å². The van der Waals surface area contributed by atoms with Crippen LogP contribution in [0.3, 0.4) is 0 Å². The van der Waals surface area contributed by atoms with Gasteiger partial charge in [-0.2, -0.15) is 0 Å². The highest BCUT2D eigenvalue weighted by molar-refractivity contribution is 5.70. The molecule has 0 bridgehead atoms. The fourth-order valence-electron chi connectivity index (χ4n) is 1.54. The quantitative estimate of drug-likeness (QED) is 0.595. The molecule has 16 heavy (non-hydrogen) atoms. The molecule has 0 heterocycles. The fourth-order valence-corrected chi connectivity index (χ4v) is 1.54. The maximum absolute atomic E-state index is 8.81. The molecule has 0 aromatic heterocycles. The molecule has 2 rings (SSSR count). The zero-order chi connectivity index (χ0) is 11.4. The Balaban J connectivity index is 2.41. The Morgan fingerprint density at radius 2 is 1.12 bits per heavy atom. The normalized spacial score (nSPS) is 9.88. The molecule has 0 atom stereocenters. The molecule has 0 saturated carbocycles. The van der Waals surface area contributed by atoms with Gasteiger partial charge in [0.25, 0.3) is 0 Å². The van der Waals surface area contributed by atoms with Crippen molar-refractivity contribution in [3.05, 3.63) is 48.5 Å². The van der Waals surface area contributed by atoms with Crippen molar-refractivity contribution in [3.63, 3.8) is 0 Å². The standard InChI is InChI=1S/C12H12N2O2/c15-13-11-5-1-3-9(7-11)10-4-2-6-12(8-10)14-16/h1-8,13-16H. The highest BCUT2D eigenvalue weighted by Gasteiger charge is 1.99. The van der Waals surface area contributed by atoms with Gasteiger partial charge in [-0.3, -0.25) is 21.4 Å². The van der Waals surface area contributed by atoms with Crippen LogP contribution in [0.15, 0.2) is 48.5 Å². The summed E-state index contributed by atoms with van der Waals surface area (Å²) >= 11 is 0. The molecule has 0 amide bonds. The van der Waals surface area contributed by atoms with Gasteiger partial charge in [0.05, 0.1) is 11.4 Å². The van der Waals surface area contributed by atoms with Gasteiger partial charge in [-0.25, -0.2) is 0 Å². The summed E-state index contributed by atoms with van der Waals surface area (Å²) in [6, 6.07) is 14.7. The molecule has 4 nitrogen and oxygen atoms in total. The first-order valence-electron chi connectivity index (χ1n) is 4.84. The Labute approximate surface area is 93.1 Å². The lowest BCUT2D eigenvalue weighted by atomic mass is 10.0. The molecular formula is C12H12N2O2. The van der Waals surface area contributed by atoms with E-state index in [1.165, 1.54) is 0 Å². The molecular weight excluding hydrogens is 204 g/mol. The van der Waals surface area contributed by atoms with E-state index < -0.39 is 0 Å². The summed E-state index contributed by atoms with van der Waals surface area (Å²) in [6.07, 6.45) is 0. The SMILES string of the molecule is ONc1cccc(-c2cccc(NO)c2)c1. The van der Waals surface area contributed by atoms with E-state index in [-0.39, 0.29) is 0 Å². The van der Waals surface area contributed by atoms with Crippen LogP contribution in [0, 0.1) is 0 Å². The number of nitrogens with one attached hydrogen (secondary N) is 2. The molecule has 0 aliphatic heterocycles. The Hall–Kier alpha value is -2.04. The van der Waals surface area contributed by atoms with Crippen LogP contribution in [0.1, 0.15) is 0 Å². The van der Waals surface area contributed by atoms with Crippen LogP contribution >= 0.6 is 0 Å². The van der Waals surface area contributed by atoms with E-state index in [4.69, 9.17) is 10.4 Å². The Morgan fingerprint density at radius 1 is 0.688 bits per heavy atom. The molecule has 0 saturated heterocycles. The van der Waals surface area contributed by atoms with Gasteiger partial charge in [0, 0.05) is 0 Å². The van der Waals surface area contributed by atoms with Crippen LogP contribution < -0.4 is 11.0 Å². The van der Waals surface area contributed by atoms with E-state index in [1.54, 1.807) is 12.1 Å². The molecule has 82 valence electrons. The van der Waals surface area contributed by atoms with Gasteiger partial charge in [0.15, 0.2) is 0 Å². The highest BCUT2D eigenvalue weighted by atomic mass is 16.5. The number of benzene rings is 2. The average molecular weight is 216 g/mol. The van der Waals surface area contributed by atoms with Crippen molar-refractivity contribution in [2.75, 3.05) is 11.0 Å². The first-order valence-corrected chi connectivity index (χ1v) is 4.84. The zero-order valence-electron chi connectivity index (χ0n) is 8.51. The third-order valence-electron chi connectivity index (χ3n) is 2.32. The Bertz CT molecular complexity index is 440. The van der Waals surface area contributed by atoms with Crippen LogP contribution in [0.25, 0.3) is 11.1 Å². The van der Waals surface area contributed by atoms with Gasteiger partial charge in [-0.05, 0) is 35.4 Å². The predicted octanol–water partition coefficient (Wildman–Crippen LogP) is 2.96. The van der Waals surface area contributed by atoms with E-state index >= 15 is 0 Å². The summed E-state index contributed by atoms with van der Waals surface area (Å²) < 4.78 is 0. The number of hydrogen-bond acceptors (Lipinski definition) is 4. The summed E-state index contributed by atoms with van der Waals surface area (Å²) in [6.45, 7) is 0. The second-order valence-electron chi connectivity index (χ2n) is 3.39. The lowest BCUT2D eigenvalue weighted by molar-refractivity contribution is 0.388. The van der Waals surface area contributed by atoms with Crippen LogP contribution in [0.5, 0.6) is 0 Å². The van der Waals surface area contributed by atoms with E-state index in [2.05, 4.69) is 11.0 Å². The largest absolute Gasteiger partial charge is 0.291 e. The summed E-state index contributed by atoms with van der Waals surface area (Å²) in [5.41, 5.74) is 7.36. The summed E-state index contributed by atoms with van der Waals surface area (Å²) in [7, 11) is 0. The van der Waals surface area contributed by atoms with Crippen LogP contribution in [-0.4, -0.2) is 10.4 Å². The first-order chi connectivity index (χ1) is 7.83. The molecule has 0 aliphatic rings. The number of hydrogen-bond donors (Lipinski definition) is 4. The van der Waals surface area contributed by atoms with Gasteiger partial charge in [0.2, 0.25) is 0 Å². The third kappa shape index (κ3) is 2.13. The second kappa shape index (κ2) is 4.65. The van der Waals surface area contributed by atoms with Crippen molar-refractivity contribution < 1.29 is 10.4 Å². The van der Waals surface area contributed by atoms with Crippen molar-refractivity contribution >= 4 is 11.4 Å². The molecule has 2 aromatic rings. The van der Waals surface area contributed by atoms with Crippen molar-refractivity contribution in [1.29, 1.82) is 0 Å². The van der Waals surface area contributed by atoms with E-state index in [9.17, 15) is 0 Å². The van der Waals surface area contributed by atoms with Gasteiger partial charge in [-0.15, -0.1) is 0 Å². The van der Waals surface area contributed by atoms with E-state index in [1.807, 2.05) is 36.4 Å². The Kier molecular flexibility index (Phi) is 3.05. The lowest BCUT2D eigenvalue weighted by Crippen LogP contribution is -1.90. The van der Waals surface area contributed by atoms with Gasteiger partial charge >= 0.3 is 0 Å². The number of anilines is 2. The third-order valence-corrected chi connectivity index (χ3v) is 2.32. The summed E-state index contributed by atoms with van der Waals surface area (Å²) in [5.74, 6) is 0. The van der Waals surface area contributed by atoms with Crippen molar-refractivity contribution in [3.8, 4) is 11.1 Å². The Morgan fingerprint density at radius 3 is 1.50 bits per heavy atom. The maximum Gasteiger partial charge on any atom is 0.0608 e. The molecule has 4 heteroatoms. The molecule has 0 aliphatic carbocycles. The minimum absolute atomic E-state index is 0.625. The lowest BCUT2D eigenvalue weighted by Gasteiger charge is -2.06. The minimum Gasteiger partial charge on any atom is -0.291 e. The summed E-state index contributed by atoms with van der Waals surface area (Å²) in [5, 5.41) is 17.6. The van der Waals surface area contributed by atoms with Gasteiger partial charge in [0.1, 0.15) is 0 Å².